The zero-order valence-corrected chi connectivity index (χ0v) is 15.3. The topological polar surface area (TPSA) is 87.8 Å². The number of nitrogens with zero attached hydrogens (tertiary/aromatic N) is 2. The molecule has 7 heteroatoms. The predicted molar refractivity (Wildman–Crippen MR) is 90.9 cm³/mol. The molecule has 0 saturated carbocycles. The Labute approximate surface area is 143 Å². The molecule has 1 aliphatic heterocycles. The molecule has 0 bridgehead atoms. The molecule has 7 nitrogen and oxygen atoms in total. The number of anilines is 1. The fourth-order valence-corrected chi connectivity index (χ4v) is 2.69. The maximum atomic E-state index is 12.7. The lowest BCUT2D eigenvalue weighted by atomic mass is 9.91. The second kappa shape index (κ2) is 7.21. The maximum Gasteiger partial charge on any atom is 0.246 e. The van der Waals surface area contributed by atoms with Crippen LogP contribution in [0, 0.1) is 0 Å². The van der Waals surface area contributed by atoms with Gasteiger partial charge in [0.15, 0.2) is 0 Å². The summed E-state index contributed by atoms with van der Waals surface area (Å²) in [4.78, 5) is 14.8. The van der Waals surface area contributed by atoms with Crippen molar-refractivity contribution in [3.05, 3.63) is 11.8 Å². The lowest BCUT2D eigenvalue weighted by Crippen LogP contribution is -2.55. The summed E-state index contributed by atoms with van der Waals surface area (Å²) in [5.41, 5.74) is -0.599. The minimum absolute atomic E-state index is 0.0507. The molecular weight excluding hydrogens is 310 g/mol. The molecule has 0 atom stereocenters. The second-order valence-electron chi connectivity index (χ2n) is 7.59. The van der Waals surface area contributed by atoms with Gasteiger partial charge in [-0.25, -0.2) is 0 Å². The molecular formula is C17H29N3O4. The van der Waals surface area contributed by atoms with E-state index in [-0.39, 0.29) is 12.5 Å². The largest absolute Gasteiger partial charge is 0.395 e. The summed E-state index contributed by atoms with van der Waals surface area (Å²) in [6, 6.07) is 1.98. The first-order valence-electron chi connectivity index (χ1n) is 8.38. The highest BCUT2D eigenvalue weighted by Crippen LogP contribution is 2.26. The number of likely N-dealkylation sites (N-methyl/N-ethyl adjacent to an activating group) is 1. The van der Waals surface area contributed by atoms with E-state index in [1.54, 1.807) is 6.07 Å². The highest BCUT2D eigenvalue weighted by Gasteiger charge is 2.37. The third-order valence-corrected chi connectivity index (χ3v) is 5.01. The van der Waals surface area contributed by atoms with Gasteiger partial charge in [-0.2, -0.15) is 0 Å². The summed E-state index contributed by atoms with van der Waals surface area (Å²) in [5.74, 6) is 0.144. The SMILES string of the molecule is CN(C1CCOCC1)C(C)(C)C(=O)Nc1cc(C(C)(C)CO)no1. The molecule has 2 rings (SSSR count). The summed E-state index contributed by atoms with van der Waals surface area (Å²) >= 11 is 0. The number of amides is 1. The summed E-state index contributed by atoms with van der Waals surface area (Å²) in [6.07, 6.45) is 1.84. The van der Waals surface area contributed by atoms with Crippen molar-refractivity contribution in [3.63, 3.8) is 0 Å². The molecule has 0 radical (unpaired) electrons. The molecule has 1 aliphatic rings. The zero-order chi connectivity index (χ0) is 18.0. The third kappa shape index (κ3) is 3.96. The molecule has 0 aliphatic carbocycles. The van der Waals surface area contributed by atoms with Crippen LogP contribution in [-0.2, 0) is 14.9 Å². The molecule has 0 spiro atoms. The van der Waals surface area contributed by atoms with Crippen LogP contribution in [0.2, 0.25) is 0 Å². The van der Waals surface area contributed by atoms with Gasteiger partial charge in [0.1, 0.15) is 0 Å². The molecule has 136 valence electrons. The average molecular weight is 339 g/mol. The maximum absolute atomic E-state index is 12.7. The number of rotatable bonds is 6. The minimum Gasteiger partial charge on any atom is -0.395 e. The monoisotopic (exact) mass is 339 g/mol. The normalized spacial score (nSPS) is 17.3. The lowest BCUT2D eigenvalue weighted by molar-refractivity contribution is -0.128. The third-order valence-electron chi connectivity index (χ3n) is 5.01. The molecule has 1 saturated heterocycles. The van der Waals surface area contributed by atoms with Crippen LogP contribution in [-0.4, -0.2) is 59.5 Å². The van der Waals surface area contributed by atoms with Gasteiger partial charge in [0, 0.05) is 30.7 Å². The van der Waals surface area contributed by atoms with Crippen LogP contribution < -0.4 is 5.32 Å². The molecule has 0 aromatic carbocycles. The van der Waals surface area contributed by atoms with Crippen LogP contribution in [0.3, 0.4) is 0 Å². The molecule has 1 aromatic rings. The van der Waals surface area contributed by atoms with Crippen LogP contribution in [0.25, 0.3) is 0 Å². The number of hydrogen-bond acceptors (Lipinski definition) is 6. The zero-order valence-electron chi connectivity index (χ0n) is 15.3. The number of carbonyl (C=O) groups excluding carboxylic acids is 1. The predicted octanol–water partition coefficient (Wildman–Crippen LogP) is 1.77. The van der Waals surface area contributed by atoms with Crippen LogP contribution >= 0.6 is 0 Å². The van der Waals surface area contributed by atoms with E-state index in [1.807, 2.05) is 34.7 Å². The Balaban J connectivity index is 2.05. The number of aliphatic hydroxyl groups is 1. The van der Waals surface area contributed by atoms with E-state index in [0.717, 1.165) is 26.1 Å². The number of hydrogen-bond donors (Lipinski definition) is 2. The van der Waals surface area contributed by atoms with Gasteiger partial charge in [0.05, 0.1) is 17.8 Å². The summed E-state index contributed by atoms with van der Waals surface area (Å²) in [7, 11) is 1.97. The number of nitrogens with one attached hydrogen (secondary N) is 1. The second-order valence-corrected chi connectivity index (χ2v) is 7.59. The Bertz CT molecular complexity index is 562. The van der Waals surface area contributed by atoms with Crippen molar-refractivity contribution in [2.75, 3.05) is 32.2 Å². The van der Waals surface area contributed by atoms with E-state index >= 15 is 0 Å². The van der Waals surface area contributed by atoms with Gasteiger partial charge in [0.25, 0.3) is 0 Å². The van der Waals surface area contributed by atoms with Gasteiger partial charge in [-0.3, -0.25) is 15.0 Å². The van der Waals surface area contributed by atoms with Crippen molar-refractivity contribution in [3.8, 4) is 0 Å². The van der Waals surface area contributed by atoms with Crippen LogP contribution in [0.5, 0.6) is 0 Å². The van der Waals surface area contributed by atoms with E-state index in [2.05, 4.69) is 15.4 Å². The van der Waals surface area contributed by atoms with E-state index in [0.29, 0.717) is 17.6 Å². The van der Waals surface area contributed by atoms with E-state index in [1.165, 1.54) is 0 Å². The molecule has 1 aromatic heterocycles. The Kier molecular flexibility index (Phi) is 5.67. The molecule has 2 N–H and O–H groups in total. The van der Waals surface area contributed by atoms with Gasteiger partial charge in [-0.1, -0.05) is 19.0 Å². The van der Waals surface area contributed by atoms with Crippen molar-refractivity contribution in [2.24, 2.45) is 0 Å². The number of aliphatic hydroxyl groups excluding tert-OH is 1. The van der Waals surface area contributed by atoms with E-state index < -0.39 is 11.0 Å². The number of carbonyl (C=O) groups is 1. The van der Waals surface area contributed by atoms with Crippen LogP contribution in [0.4, 0.5) is 5.88 Å². The first-order valence-corrected chi connectivity index (χ1v) is 8.38. The highest BCUT2D eigenvalue weighted by atomic mass is 16.5. The Morgan fingerprint density at radius 3 is 2.58 bits per heavy atom. The molecule has 24 heavy (non-hydrogen) atoms. The molecule has 1 fully saturated rings. The number of aromatic nitrogens is 1. The van der Waals surface area contributed by atoms with Crippen molar-refractivity contribution in [1.82, 2.24) is 10.1 Å². The van der Waals surface area contributed by atoms with Gasteiger partial charge in [0.2, 0.25) is 11.8 Å². The van der Waals surface area contributed by atoms with Crippen molar-refractivity contribution >= 4 is 11.8 Å². The Hall–Kier alpha value is -1.44. The highest BCUT2D eigenvalue weighted by molar-refractivity contribution is 5.96. The average Bonchev–Trinajstić information content (AvgIpc) is 3.04. The first-order chi connectivity index (χ1) is 11.2. The van der Waals surface area contributed by atoms with E-state index in [4.69, 9.17) is 9.26 Å². The quantitative estimate of drug-likeness (QED) is 0.821. The number of ether oxygens (including phenoxy) is 1. The van der Waals surface area contributed by atoms with Gasteiger partial charge >= 0.3 is 0 Å². The summed E-state index contributed by atoms with van der Waals surface area (Å²) in [6.45, 7) is 8.92. The standard InChI is InChI=1S/C17H29N3O4/c1-16(2,11-21)13-10-14(24-19-13)18-15(22)17(3,4)20(5)12-6-8-23-9-7-12/h10,12,21H,6-9,11H2,1-5H3,(H,18,22). The fourth-order valence-electron chi connectivity index (χ4n) is 2.69. The Morgan fingerprint density at radius 2 is 2.00 bits per heavy atom. The van der Waals surface area contributed by atoms with Gasteiger partial charge < -0.3 is 14.4 Å². The Morgan fingerprint density at radius 1 is 1.38 bits per heavy atom. The molecule has 2 heterocycles. The summed E-state index contributed by atoms with van der Waals surface area (Å²) < 4.78 is 10.6. The van der Waals surface area contributed by atoms with Crippen molar-refractivity contribution < 1.29 is 19.2 Å². The van der Waals surface area contributed by atoms with Crippen molar-refractivity contribution in [2.45, 2.75) is 57.5 Å². The van der Waals surface area contributed by atoms with Crippen LogP contribution in [0.1, 0.15) is 46.2 Å². The van der Waals surface area contributed by atoms with Crippen LogP contribution in [0.15, 0.2) is 10.6 Å². The summed E-state index contributed by atoms with van der Waals surface area (Å²) in [5, 5.41) is 16.1. The molecule has 0 unspecified atom stereocenters. The molecule has 1 amide bonds. The van der Waals surface area contributed by atoms with Gasteiger partial charge in [-0.15, -0.1) is 0 Å². The smallest absolute Gasteiger partial charge is 0.246 e. The fraction of sp³-hybridized carbons (Fsp3) is 0.765. The van der Waals surface area contributed by atoms with E-state index in [9.17, 15) is 9.90 Å². The lowest BCUT2D eigenvalue weighted by Gasteiger charge is -2.41. The van der Waals surface area contributed by atoms with Crippen molar-refractivity contribution in [1.29, 1.82) is 0 Å². The first kappa shape index (κ1) is 18.9. The minimum atomic E-state index is -0.693. The van der Waals surface area contributed by atoms with Gasteiger partial charge in [-0.05, 0) is 33.7 Å².